The van der Waals surface area contributed by atoms with Gasteiger partial charge in [0.15, 0.2) is 0 Å². The molecule has 2 unspecified atom stereocenters. The number of halogens is 4. The van der Waals surface area contributed by atoms with Gasteiger partial charge in [0, 0.05) is 30.0 Å². The fraction of sp³-hybridized carbons (Fsp3) is 0.375. The van der Waals surface area contributed by atoms with Crippen LogP contribution in [-0.4, -0.2) is 51.8 Å². The largest absolute Gasteiger partial charge is 0.430 e. The minimum absolute atomic E-state index is 0.0778. The average Bonchev–Trinajstić information content (AvgIpc) is 2.99. The zero-order valence-electron chi connectivity index (χ0n) is 24.5. The number of esters is 2. The number of hydrogen-bond donors (Lipinski definition) is 0. The molecule has 0 spiro atoms. The van der Waals surface area contributed by atoms with Gasteiger partial charge in [0.25, 0.3) is 0 Å². The van der Waals surface area contributed by atoms with E-state index in [0.29, 0.717) is 10.0 Å². The second-order valence-corrected chi connectivity index (χ2v) is 11.4. The van der Waals surface area contributed by atoms with Crippen molar-refractivity contribution in [2.75, 3.05) is 32.2 Å². The molecule has 0 fully saturated rings. The maximum absolute atomic E-state index is 13.0. The van der Waals surface area contributed by atoms with Crippen molar-refractivity contribution in [3.8, 4) is 0 Å². The van der Waals surface area contributed by atoms with Gasteiger partial charge in [0.1, 0.15) is 0 Å². The summed E-state index contributed by atoms with van der Waals surface area (Å²) in [7, 11) is 2.86. The second-order valence-electron chi connectivity index (χ2n) is 9.75. The van der Waals surface area contributed by atoms with Crippen LogP contribution in [0.4, 0.5) is 5.69 Å². The summed E-state index contributed by atoms with van der Waals surface area (Å²) in [5.41, 5.74) is 3.50. The first-order chi connectivity index (χ1) is 20.6. The number of carbonyl (C=O) groups excluding carboxylic acids is 2. The molecule has 0 heterocycles. The van der Waals surface area contributed by atoms with Gasteiger partial charge in [-0.05, 0) is 72.5 Å². The summed E-state index contributed by atoms with van der Waals surface area (Å²) in [6.07, 6.45) is 1.78. The van der Waals surface area contributed by atoms with Crippen molar-refractivity contribution in [3.05, 3.63) is 96.9 Å². The fourth-order valence-electron chi connectivity index (χ4n) is 4.46. The summed E-state index contributed by atoms with van der Waals surface area (Å²) in [5, 5.41) is 1.07. The lowest BCUT2D eigenvalue weighted by Gasteiger charge is -2.31. The van der Waals surface area contributed by atoms with Gasteiger partial charge in [0.05, 0.1) is 34.3 Å². The maximum atomic E-state index is 13.0. The Morgan fingerprint density at radius 3 is 1.58 bits per heavy atom. The topological polar surface area (TPSA) is 74.3 Å². The molecule has 0 bridgehead atoms. The number of rotatable bonds is 15. The molecule has 0 saturated heterocycles. The number of hydrogen-bond acceptors (Lipinski definition) is 7. The SMILES string of the molecule is CCCc1ccc(N(CC(OC)OC(=O)c2cc(Cl)ccc2Cl)CC(OC)OC(=O)c2cc(Cl)ccc2Cl)cc1CCC. The monoisotopic (exact) mass is 669 g/mol. The molecule has 2 atom stereocenters. The van der Waals surface area contributed by atoms with Crippen molar-refractivity contribution in [1.29, 1.82) is 0 Å². The molecule has 0 N–H and O–H groups in total. The smallest absolute Gasteiger partial charge is 0.342 e. The number of carbonyl (C=O) groups is 2. The van der Waals surface area contributed by atoms with Crippen LogP contribution in [0.15, 0.2) is 54.6 Å². The van der Waals surface area contributed by atoms with Crippen LogP contribution in [0.5, 0.6) is 0 Å². The molecule has 11 heteroatoms. The molecule has 0 amide bonds. The van der Waals surface area contributed by atoms with Gasteiger partial charge < -0.3 is 23.8 Å². The van der Waals surface area contributed by atoms with E-state index in [0.717, 1.165) is 31.4 Å². The zero-order chi connectivity index (χ0) is 31.5. The van der Waals surface area contributed by atoms with Crippen molar-refractivity contribution in [3.63, 3.8) is 0 Å². The van der Waals surface area contributed by atoms with Crippen molar-refractivity contribution in [2.24, 2.45) is 0 Å². The molecule has 0 aliphatic heterocycles. The molecule has 7 nitrogen and oxygen atoms in total. The van der Waals surface area contributed by atoms with E-state index in [4.69, 9.17) is 65.4 Å². The zero-order valence-corrected chi connectivity index (χ0v) is 27.5. The number of benzene rings is 3. The van der Waals surface area contributed by atoms with E-state index in [9.17, 15) is 9.59 Å². The minimum Gasteiger partial charge on any atom is -0.430 e. The van der Waals surface area contributed by atoms with Crippen LogP contribution in [-0.2, 0) is 31.8 Å². The molecule has 3 aromatic carbocycles. The quantitative estimate of drug-likeness (QED) is 0.118. The van der Waals surface area contributed by atoms with E-state index in [2.05, 4.69) is 26.0 Å². The third-order valence-electron chi connectivity index (χ3n) is 6.63. The number of aryl methyl sites for hydroxylation is 2. The van der Waals surface area contributed by atoms with Crippen molar-refractivity contribution in [2.45, 2.75) is 52.1 Å². The number of ether oxygens (including phenoxy) is 4. The number of anilines is 1. The van der Waals surface area contributed by atoms with E-state index in [1.807, 2.05) is 11.0 Å². The van der Waals surface area contributed by atoms with Crippen LogP contribution in [0.3, 0.4) is 0 Å². The van der Waals surface area contributed by atoms with E-state index in [1.165, 1.54) is 49.6 Å². The highest BCUT2D eigenvalue weighted by atomic mass is 35.5. The van der Waals surface area contributed by atoms with Crippen LogP contribution < -0.4 is 4.90 Å². The summed E-state index contributed by atoms with van der Waals surface area (Å²) in [6, 6.07) is 15.2. The predicted molar refractivity (Wildman–Crippen MR) is 172 cm³/mol. The highest BCUT2D eigenvalue weighted by Crippen LogP contribution is 2.26. The van der Waals surface area contributed by atoms with E-state index in [-0.39, 0.29) is 34.3 Å². The van der Waals surface area contributed by atoms with E-state index in [1.54, 1.807) is 12.1 Å². The number of nitrogens with zero attached hydrogens (tertiary/aromatic N) is 1. The highest BCUT2D eigenvalue weighted by molar-refractivity contribution is 6.36. The fourth-order valence-corrected chi connectivity index (χ4v) is 5.20. The standard InChI is InChI=1S/C32H35Cl4NO6/c1-5-7-20-9-12-24(15-21(20)8-6-2)37(18-29(40-3)42-31(38)25-16-22(33)10-13-27(25)35)19-30(41-4)43-32(39)26-17-23(34)11-14-28(26)36/h9-17,29-30H,5-8,18-19H2,1-4H3. The molecule has 43 heavy (non-hydrogen) atoms. The first-order valence-electron chi connectivity index (χ1n) is 13.8. The highest BCUT2D eigenvalue weighted by Gasteiger charge is 2.26. The lowest BCUT2D eigenvalue weighted by molar-refractivity contribution is -0.0950. The summed E-state index contributed by atoms with van der Waals surface area (Å²) in [6.45, 7) is 4.43. The third kappa shape index (κ3) is 10.00. The van der Waals surface area contributed by atoms with Crippen LogP contribution in [0.1, 0.15) is 58.5 Å². The van der Waals surface area contributed by atoms with Gasteiger partial charge in [0.2, 0.25) is 12.6 Å². The molecule has 0 saturated carbocycles. The van der Waals surface area contributed by atoms with Gasteiger partial charge in [-0.25, -0.2) is 9.59 Å². The molecule has 3 aromatic rings. The van der Waals surface area contributed by atoms with E-state index < -0.39 is 24.5 Å². The molecule has 3 rings (SSSR count). The Morgan fingerprint density at radius 1 is 0.674 bits per heavy atom. The van der Waals surface area contributed by atoms with Gasteiger partial charge in [-0.3, -0.25) is 0 Å². The summed E-state index contributed by atoms with van der Waals surface area (Å²) < 4.78 is 22.5. The molecular weight excluding hydrogens is 636 g/mol. The molecule has 0 aliphatic rings. The van der Waals surface area contributed by atoms with Gasteiger partial charge in [-0.1, -0.05) is 79.2 Å². The van der Waals surface area contributed by atoms with Gasteiger partial charge >= 0.3 is 11.9 Å². The Morgan fingerprint density at radius 2 is 1.14 bits per heavy atom. The molecule has 0 aliphatic carbocycles. The lowest BCUT2D eigenvalue weighted by atomic mass is 9.98. The molecular formula is C32H35Cl4NO6. The predicted octanol–water partition coefficient (Wildman–Crippen LogP) is 8.67. The van der Waals surface area contributed by atoms with Crippen LogP contribution in [0, 0.1) is 0 Å². The Labute approximate surface area is 272 Å². The minimum atomic E-state index is -1.02. The van der Waals surface area contributed by atoms with E-state index >= 15 is 0 Å². The Kier molecular flexibility index (Phi) is 13.9. The average molecular weight is 671 g/mol. The normalized spacial score (nSPS) is 12.5. The van der Waals surface area contributed by atoms with Crippen LogP contribution in [0.2, 0.25) is 20.1 Å². The Balaban J connectivity index is 1.92. The van der Waals surface area contributed by atoms with Crippen molar-refractivity contribution < 1.29 is 28.5 Å². The molecule has 232 valence electrons. The van der Waals surface area contributed by atoms with Crippen molar-refractivity contribution in [1.82, 2.24) is 0 Å². The Hall–Kier alpha value is -2.52. The molecule has 0 aromatic heterocycles. The second kappa shape index (κ2) is 17.1. The third-order valence-corrected chi connectivity index (χ3v) is 7.76. The number of methoxy groups -OCH3 is 2. The summed E-state index contributed by atoms with van der Waals surface area (Å²) in [4.78, 5) is 27.9. The first-order valence-corrected chi connectivity index (χ1v) is 15.4. The van der Waals surface area contributed by atoms with Crippen LogP contribution in [0.25, 0.3) is 0 Å². The summed E-state index contributed by atoms with van der Waals surface area (Å²) >= 11 is 24.6. The van der Waals surface area contributed by atoms with Crippen LogP contribution >= 0.6 is 46.4 Å². The lowest BCUT2D eigenvalue weighted by Crippen LogP contribution is -2.42. The molecule has 0 radical (unpaired) electrons. The van der Waals surface area contributed by atoms with Gasteiger partial charge in [-0.2, -0.15) is 0 Å². The summed E-state index contributed by atoms with van der Waals surface area (Å²) in [5.74, 6) is -1.40. The van der Waals surface area contributed by atoms with Crippen molar-refractivity contribution >= 4 is 64.0 Å². The maximum Gasteiger partial charge on any atom is 0.342 e. The Bertz CT molecular complexity index is 1330. The first kappa shape index (κ1) is 35.0. The van der Waals surface area contributed by atoms with Gasteiger partial charge in [-0.15, -0.1) is 0 Å².